The van der Waals surface area contributed by atoms with Gasteiger partial charge in [-0.25, -0.2) is 4.79 Å². The van der Waals surface area contributed by atoms with Gasteiger partial charge in [-0.3, -0.25) is 9.59 Å². The molecule has 212 valence electrons. The Balaban J connectivity index is 2.64. The fourth-order valence-electron chi connectivity index (χ4n) is 4.34. The molecule has 7 nitrogen and oxygen atoms in total. The van der Waals surface area contributed by atoms with Gasteiger partial charge in [-0.05, 0) is 89.6 Å². The van der Waals surface area contributed by atoms with Crippen LogP contribution in [-0.4, -0.2) is 40.0 Å². The largest absolute Gasteiger partial charge is 0.444 e. The lowest BCUT2D eigenvalue weighted by Gasteiger charge is -2.43. The highest BCUT2D eigenvalue weighted by Gasteiger charge is 2.42. The molecular weight excluding hydrogens is 490 g/mol. The molecule has 0 aliphatic rings. The molecule has 2 rings (SSSR count). The highest BCUT2D eigenvalue weighted by Crippen LogP contribution is 2.32. The van der Waals surface area contributed by atoms with E-state index in [4.69, 9.17) is 4.74 Å². The molecule has 0 aliphatic carbocycles. The molecule has 0 saturated heterocycles. The zero-order valence-electron chi connectivity index (χ0n) is 24.9. The Kier molecular flexibility index (Phi) is 10.5. The van der Waals surface area contributed by atoms with Crippen molar-refractivity contribution in [3.05, 3.63) is 71.8 Å². The van der Waals surface area contributed by atoms with Gasteiger partial charge >= 0.3 is 6.09 Å². The monoisotopic (exact) mass is 535 g/mol. The normalized spacial score (nSPS) is 13.3. The molecule has 0 saturated carbocycles. The number of aryl methyl sites for hydroxylation is 1. The fraction of sp³-hybridized carbons (Fsp3) is 0.469. The predicted octanol–water partition coefficient (Wildman–Crippen LogP) is 6.88. The second kappa shape index (κ2) is 13.0. The average molecular weight is 536 g/mol. The van der Waals surface area contributed by atoms with Gasteiger partial charge in [-0.15, -0.1) is 0 Å². The Hall–Kier alpha value is -3.61. The molecule has 7 heteroatoms. The van der Waals surface area contributed by atoms with Gasteiger partial charge in [-0.1, -0.05) is 62.9 Å². The minimum absolute atomic E-state index is 0.0963. The molecule has 0 bridgehead atoms. The maximum absolute atomic E-state index is 14.4. The molecule has 2 atom stereocenters. The van der Waals surface area contributed by atoms with Gasteiger partial charge in [0.2, 0.25) is 5.91 Å². The average Bonchev–Trinajstić information content (AvgIpc) is 2.80. The Morgan fingerprint density at radius 3 is 2.18 bits per heavy atom. The third-order valence-corrected chi connectivity index (χ3v) is 6.03. The Bertz CT molecular complexity index is 1170. The van der Waals surface area contributed by atoms with Crippen LogP contribution in [0.1, 0.15) is 84.5 Å². The van der Waals surface area contributed by atoms with Gasteiger partial charge in [0, 0.05) is 11.2 Å². The molecular formula is C32H45N3O4. The molecule has 3 amide bonds. The molecule has 0 aromatic heterocycles. The van der Waals surface area contributed by atoms with Crippen LogP contribution in [0.5, 0.6) is 0 Å². The number of nitrogens with zero attached hydrogens (tertiary/aromatic N) is 1. The molecule has 0 aliphatic heterocycles. The summed E-state index contributed by atoms with van der Waals surface area (Å²) in [5, 5.41) is 5.82. The van der Waals surface area contributed by atoms with E-state index in [-0.39, 0.29) is 17.7 Å². The predicted molar refractivity (Wildman–Crippen MR) is 158 cm³/mol. The SMILES string of the molecule is C=Cc1cccc(C(C(=O)Nc2ccccc2C)N(C(=O)C(CC(C)C)NC(=O)OC(C)(C)C)C(C)(C)C)c1. The number of carbonyl (C=O) groups excluding carboxylic acids is 3. The number of hydrogen-bond acceptors (Lipinski definition) is 4. The molecule has 2 aromatic rings. The van der Waals surface area contributed by atoms with Crippen LogP contribution in [0.2, 0.25) is 0 Å². The van der Waals surface area contributed by atoms with Crippen LogP contribution in [0.25, 0.3) is 6.08 Å². The highest BCUT2D eigenvalue weighted by molar-refractivity contribution is 5.99. The maximum atomic E-state index is 14.4. The van der Waals surface area contributed by atoms with Crippen LogP contribution in [0.15, 0.2) is 55.1 Å². The molecule has 39 heavy (non-hydrogen) atoms. The number of rotatable bonds is 9. The highest BCUT2D eigenvalue weighted by atomic mass is 16.6. The summed E-state index contributed by atoms with van der Waals surface area (Å²) in [5.41, 5.74) is 1.54. The summed E-state index contributed by atoms with van der Waals surface area (Å²) < 4.78 is 5.47. The van der Waals surface area contributed by atoms with Crippen LogP contribution >= 0.6 is 0 Å². The minimum Gasteiger partial charge on any atom is -0.444 e. The van der Waals surface area contributed by atoms with Crippen molar-refractivity contribution in [3.63, 3.8) is 0 Å². The van der Waals surface area contributed by atoms with Crippen LogP contribution < -0.4 is 10.6 Å². The summed E-state index contributed by atoms with van der Waals surface area (Å²) in [7, 11) is 0. The summed E-state index contributed by atoms with van der Waals surface area (Å²) >= 11 is 0. The quantitative estimate of drug-likeness (QED) is 0.366. The van der Waals surface area contributed by atoms with Crippen molar-refractivity contribution >= 4 is 29.7 Å². The number of anilines is 1. The van der Waals surface area contributed by atoms with Gasteiger partial charge in [0.05, 0.1) is 0 Å². The molecule has 2 unspecified atom stereocenters. The van der Waals surface area contributed by atoms with E-state index in [0.29, 0.717) is 17.7 Å². The Morgan fingerprint density at radius 2 is 1.64 bits per heavy atom. The number of hydrogen-bond donors (Lipinski definition) is 2. The van der Waals surface area contributed by atoms with Crippen LogP contribution in [0, 0.1) is 12.8 Å². The summed E-state index contributed by atoms with van der Waals surface area (Å²) in [6.07, 6.45) is 1.41. The molecule has 0 spiro atoms. The number of alkyl carbamates (subject to hydrolysis) is 1. The minimum atomic E-state index is -0.980. The van der Waals surface area contributed by atoms with Crippen LogP contribution in [0.4, 0.5) is 10.5 Å². The maximum Gasteiger partial charge on any atom is 0.408 e. The van der Waals surface area contributed by atoms with Gasteiger partial charge in [0.25, 0.3) is 5.91 Å². The van der Waals surface area contributed by atoms with Crippen molar-refractivity contribution in [1.82, 2.24) is 10.2 Å². The van der Waals surface area contributed by atoms with Crippen molar-refractivity contribution < 1.29 is 19.1 Å². The second-order valence-electron chi connectivity index (χ2n) is 12.3. The summed E-state index contributed by atoms with van der Waals surface area (Å²) in [6.45, 7) is 20.7. The third-order valence-electron chi connectivity index (χ3n) is 6.03. The van der Waals surface area contributed by atoms with E-state index < -0.39 is 29.3 Å². The van der Waals surface area contributed by atoms with Crippen LogP contribution in [0.3, 0.4) is 0 Å². The number of carbonyl (C=O) groups is 3. The molecule has 2 N–H and O–H groups in total. The van der Waals surface area contributed by atoms with E-state index >= 15 is 0 Å². The van der Waals surface area contributed by atoms with Gasteiger partial charge in [-0.2, -0.15) is 0 Å². The zero-order chi connectivity index (χ0) is 29.5. The number of nitrogens with one attached hydrogen (secondary N) is 2. The van der Waals surface area contributed by atoms with Gasteiger partial charge < -0.3 is 20.3 Å². The van der Waals surface area contributed by atoms with E-state index in [0.717, 1.165) is 11.1 Å². The molecule has 0 radical (unpaired) electrons. The molecule has 2 aromatic carbocycles. The van der Waals surface area contributed by atoms with Crippen molar-refractivity contribution in [1.29, 1.82) is 0 Å². The van der Waals surface area contributed by atoms with E-state index in [1.165, 1.54) is 0 Å². The van der Waals surface area contributed by atoms with E-state index in [1.54, 1.807) is 31.7 Å². The lowest BCUT2D eigenvalue weighted by molar-refractivity contribution is -0.147. The first-order chi connectivity index (χ1) is 18.0. The van der Waals surface area contributed by atoms with Crippen molar-refractivity contribution in [2.75, 3.05) is 5.32 Å². The van der Waals surface area contributed by atoms with E-state index in [9.17, 15) is 14.4 Å². The summed E-state index contributed by atoms with van der Waals surface area (Å²) in [6, 6.07) is 13.1. The fourth-order valence-corrected chi connectivity index (χ4v) is 4.34. The number of ether oxygens (including phenoxy) is 1. The summed E-state index contributed by atoms with van der Waals surface area (Å²) in [4.78, 5) is 42.8. The Morgan fingerprint density at radius 1 is 1.00 bits per heavy atom. The summed E-state index contributed by atoms with van der Waals surface area (Å²) in [5.74, 6) is -0.621. The first-order valence-electron chi connectivity index (χ1n) is 13.4. The van der Waals surface area contributed by atoms with E-state index in [2.05, 4.69) is 17.2 Å². The second-order valence-corrected chi connectivity index (χ2v) is 12.3. The molecule has 0 fully saturated rings. The van der Waals surface area contributed by atoms with Gasteiger partial charge in [0.1, 0.15) is 17.7 Å². The first-order valence-corrected chi connectivity index (χ1v) is 13.4. The first kappa shape index (κ1) is 31.6. The van der Waals surface area contributed by atoms with E-state index in [1.807, 2.05) is 90.1 Å². The lowest BCUT2D eigenvalue weighted by Crippen LogP contribution is -2.58. The van der Waals surface area contributed by atoms with Crippen molar-refractivity contribution in [3.8, 4) is 0 Å². The van der Waals surface area contributed by atoms with Gasteiger partial charge in [0.15, 0.2) is 0 Å². The van der Waals surface area contributed by atoms with Crippen molar-refractivity contribution in [2.24, 2.45) is 5.92 Å². The zero-order valence-corrected chi connectivity index (χ0v) is 24.9. The number of para-hydroxylation sites is 1. The smallest absolute Gasteiger partial charge is 0.408 e. The lowest BCUT2D eigenvalue weighted by atomic mass is 9.93. The topological polar surface area (TPSA) is 87.7 Å². The van der Waals surface area contributed by atoms with Crippen LogP contribution in [-0.2, 0) is 14.3 Å². The number of benzene rings is 2. The standard InChI is InChI=1S/C32H45N3O4/c1-11-23-16-14-17-24(20-23)27(28(36)33-25-18-13-12-15-22(25)4)35(31(5,6)7)29(37)26(19-21(2)3)34-30(38)39-32(8,9)10/h11-18,20-21,26-27H,1,19H2,2-10H3,(H,33,36)(H,34,38). The number of amides is 3. The van der Waals surface area contributed by atoms with Crippen molar-refractivity contribution in [2.45, 2.75) is 92.0 Å². The third kappa shape index (κ3) is 9.27. The molecule has 0 heterocycles. The Labute approximate surface area is 234 Å².